The monoisotopic (exact) mass is 349 g/mol. The maximum Gasteiger partial charge on any atom is 0.254 e. The van der Waals surface area contributed by atoms with Crippen molar-refractivity contribution in [3.63, 3.8) is 0 Å². The van der Waals surface area contributed by atoms with Crippen LogP contribution in [0.2, 0.25) is 0 Å². The number of morpholine rings is 1. The van der Waals surface area contributed by atoms with Gasteiger partial charge in [-0.15, -0.1) is 0 Å². The number of halogens is 1. The highest BCUT2D eigenvalue weighted by Crippen LogP contribution is 2.31. The molecule has 2 aliphatic heterocycles. The first-order valence-electron chi connectivity index (χ1n) is 7.86. The molecule has 1 aromatic carbocycles. The van der Waals surface area contributed by atoms with Crippen LogP contribution >= 0.6 is 12.2 Å². The van der Waals surface area contributed by atoms with E-state index in [4.69, 9.17) is 17.0 Å². The topological polar surface area (TPSA) is 44.8 Å². The van der Waals surface area contributed by atoms with Gasteiger partial charge in [-0.25, -0.2) is 4.39 Å². The second kappa shape index (κ2) is 6.86. The number of nitrogens with one attached hydrogen (secondary N) is 1. The molecule has 1 aromatic rings. The van der Waals surface area contributed by atoms with Gasteiger partial charge in [0.1, 0.15) is 5.82 Å². The normalized spacial score (nSPS) is 21.8. The second-order valence-electron chi connectivity index (χ2n) is 5.90. The third kappa shape index (κ3) is 3.14. The molecule has 1 fully saturated rings. The van der Waals surface area contributed by atoms with Gasteiger partial charge in [-0.05, 0) is 36.8 Å². The van der Waals surface area contributed by atoms with E-state index in [0.29, 0.717) is 37.0 Å². The van der Waals surface area contributed by atoms with Gasteiger partial charge in [-0.3, -0.25) is 4.79 Å². The molecule has 128 valence electrons. The molecule has 7 heteroatoms. The fourth-order valence-corrected chi connectivity index (χ4v) is 3.21. The van der Waals surface area contributed by atoms with Crippen molar-refractivity contribution in [1.29, 1.82) is 0 Å². The van der Waals surface area contributed by atoms with E-state index in [2.05, 4.69) is 5.32 Å². The molecule has 2 heterocycles. The predicted molar refractivity (Wildman–Crippen MR) is 92.7 cm³/mol. The van der Waals surface area contributed by atoms with Crippen LogP contribution in [0, 0.1) is 5.82 Å². The van der Waals surface area contributed by atoms with Gasteiger partial charge in [0.05, 0.1) is 24.8 Å². The molecule has 2 aliphatic rings. The molecule has 0 saturated carbocycles. The maximum atomic E-state index is 13.3. The second-order valence-corrected chi connectivity index (χ2v) is 6.28. The summed E-state index contributed by atoms with van der Waals surface area (Å²) in [5.41, 5.74) is 2.26. The Bertz CT molecular complexity index is 684. The molecule has 0 unspecified atom stereocenters. The third-order valence-corrected chi connectivity index (χ3v) is 4.88. The fraction of sp³-hybridized carbons (Fsp3) is 0.412. The first-order valence-corrected chi connectivity index (χ1v) is 8.27. The van der Waals surface area contributed by atoms with Gasteiger partial charge in [0.2, 0.25) is 0 Å². The van der Waals surface area contributed by atoms with E-state index in [-0.39, 0.29) is 17.8 Å². The average Bonchev–Trinajstić information content (AvgIpc) is 2.60. The molecule has 1 amide bonds. The molecule has 0 radical (unpaired) electrons. The van der Waals surface area contributed by atoms with Crippen LogP contribution in [0.3, 0.4) is 0 Å². The Morgan fingerprint density at radius 2 is 1.92 bits per heavy atom. The molecule has 1 saturated heterocycles. The smallest absolute Gasteiger partial charge is 0.254 e. The minimum absolute atomic E-state index is 0.0352. The lowest BCUT2D eigenvalue weighted by Gasteiger charge is -2.38. The fourth-order valence-electron chi connectivity index (χ4n) is 2.95. The van der Waals surface area contributed by atoms with Crippen LogP contribution in [0.15, 0.2) is 35.5 Å². The summed E-state index contributed by atoms with van der Waals surface area (Å²) in [6.45, 7) is 4.11. The highest BCUT2D eigenvalue weighted by Gasteiger charge is 2.35. The summed E-state index contributed by atoms with van der Waals surface area (Å²) >= 11 is 5.37. The summed E-state index contributed by atoms with van der Waals surface area (Å²) in [5.74, 6) is -0.344. The summed E-state index contributed by atoms with van der Waals surface area (Å²) in [4.78, 5) is 16.7. The van der Waals surface area contributed by atoms with Crippen molar-refractivity contribution < 1.29 is 13.9 Å². The molecule has 5 nitrogen and oxygen atoms in total. The summed E-state index contributed by atoms with van der Waals surface area (Å²) in [6.07, 6.45) is 0. The lowest BCUT2D eigenvalue weighted by atomic mass is 9.94. The number of carbonyl (C=O) groups excluding carboxylic acids is 1. The number of thiocarbonyl (C=S) groups is 1. The highest BCUT2D eigenvalue weighted by atomic mass is 32.1. The highest BCUT2D eigenvalue weighted by molar-refractivity contribution is 7.80. The number of hydrogen-bond donors (Lipinski definition) is 1. The first kappa shape index (κ1) is 16.9. The van der Waals surface area contributed by atoms with Gasteiger partial charge in [0, 0.05) is 25.8 Å². The number of nitrogens with zero attached hydrogens (tertiary/aromatic N) is 2. The third-order valence-electron chi connectivity index (χ3n) is 4.49. The summed E-state index contributed by atoms with van der Waals surface area (Å²) in [5, 5.41) is 3.74. The lowest BCUT2D eigenvalue weighted by Crippen LogP contribution is -2.50. The lowest BCUT2D eigenvalue weighted by molar-refractivity contribution is -0.131. The number of carbonyl (C=O) groups is 1. The molecular weight excluding hydrogens is 329 g/mol. The summed E-state index contributed by atoms with van der Waals surface area (Å²) < 4.78 is 18.6. The van der Waals surface area contributed by atoms with Crippen LogP contribution in [0.25, 0.3) is 0 Å². The van der Waals surface area contributed by atoms with Gasteiger partial charge in [0.25, 0.3) is 5.91 Å². The largest absolute Gasteiger partial charge is 0.378 e. The van der Waals surface area contributed by atoms with Crippen LogP contribution in [-0.2, 0) is 9.53 Å². The van der Waals surface area contributed by atoms with E-state index in [1.807, 2.05) is 14.0 Å². The number of allylic oxidation sites excluding steroid dienone is 1. The van der Waals surface area contributed by atoms with Crippen LogP contribution in [0.5, 0.6) is 0 Å². The predicted octanol–water partition coefficient (Wildman–Crippen LogP) is 1.82. The van der Waals surface area contributed by atoms with Crippen molar-refractivity contribution >= 4 is 23.2 Å². The van der Waals surface area contributed by atoms with Gasteiger partial charge >= 0.3 is 0 Å². The summed E-state index contributed by atoms with van der Waals surface area (Å²) in [6, 6.07) is 5.76. The zero-order valence-electron chi connectivity index (χ0n) is 13.7. The SMILES string of the molecule is CC1=C(C(=O)N2CCOCC2)[C@@H](c2ccc(F)cc2)NC(=S)N1C. The van der Waals surface area contributed by atoms with Crippen molar-refractivity contribution in [1.82, 2.24) is 15.1 Å². The Morgan fingerprint density at radius 3 is 2.54 bits per heavy atom. The molecule has 0 bridgehead atoms. The molecule has 3 rings (SSSR count). The minimum Gasteiger partial charge on any atom is -0.378 e. The Kier molecular flexibility index (Phi) is 4.82. The zero-order chi connectivity index (χ0) is 17.3. The van der Waals surface area contributed by atoms with E-state index < -0.39 is 0 Å². The van der Waals surface area contributed by atoms with Crippen molar-refractivity contribution in [2.45, 2.75) is 13.0 Å². The number of ether oxygens (including phenoxy) is 1. The quantitative estimate of drug-likeness (QED) is 0.825. The van der Waals surface area contributed by atoms with Crippen LogP contribution < -0.4 is 5.32 Å². The molecule has 0 aliphatic carbocycles. The molecule has 0 spiro atoms. The number of benzene rings is 1. The first-order chi connectivity index (χ1) is 11.5. The average molecular weight is 349 g/mol. The minimum atomic E-state index is -0.385. The van der Waals surface area contributed by atoms with Crippen molar-refractivity contribution in [3.05, 3.63) is 46.9 Å². The maximum absolute atomic E-state index is 13.3. The molecule has 24 heavy (non-hydrogen) atoms. The van der Waals surface area contributed by atoms with Gasteiger partial charge < -0.3 is 19.9 Å². The Labute approximate surface area is 146 Å². The van der Waals surface area contributed by atoms with Gasteiger partial charge in [-0.2, -0.15) is 0 Å². The van der Waals surface area contributed by atoms with E-state index >= 15 is 0 Å². The molecule has 1 N–H and O–H groups in total. The summed E-state index contributed by atoms with van der Waals surface area (Å²) in [7, 11) is 1.83. The Hall–Kier alpha value is -1.99. The molecule has 0 aromatic heterocycles. The van der Waals surface area contributed by atoms with E-state index in [0.717, 1.165) is 11.3 Å². The van der Waals surface area contributed by atoms with E-state index in [9.17, 15) is 9.18 Å². The number of rotatable bonds is 2. The Balaban J connectivity index is 2.00. The van der Waals surface area contributed by atoms with Crippen molar-refractivity contribution in [2.75, 3.05) is 33.4 Å². The number of amides is 1. The number of hydrogen-bond acceptors (Lipinski definition) is 3. The van der Waals surface area contributed by atoms with Crippen LogP contribution in [-0.4, -0.2) is 54.2 Å². The van der Waals surface area contributed by atoms with Crippen LogP contribution in [0.4, 0.5) is 4.39 Å². The molecular formula is C17H20FN3O2S. The van der Waals surface area contributed by atoms with E-state index in [1.54, 1.807) is 21.9 Å². The van der Waals surface area contributed by atoms with Crippen LogP contribution in [0.1, 0.15) is 18.5 Å². The van der Waals surface area contributed by atoms with Crippen molar-refractivity contribution in [2.24, 2.45) is 0 Å². The van der Waals surface area contributed by atoms with E-state index in [1.165, 1.54) is 12.1 Å². The van der Waals surface area contributed by atoms with Crippen molar-refractivity contribution in [3.8, 4) is 0 Å². The standard InChI is InChI=1S/C17H20FN3O2S/c1-11-14(16(22)21-7-9-23-10-8-21)15(19-17(24)20(11)2)12-3-5-13(18)6-4-12/h3-6,15H,7-10H2,1-2H3,(H,19,24)/t15-/m1/s1. The van der Waals surface area contributed by atoms with Gasteiger partial charge in [0.15, 0.2) is 5.11 Å². The molecule has 1 atom stereocenters. The Morgan fingerprint density at radius 1 is 1.29 bits per heavy atom. The van der Waals surface area contributed by atoms with Gasteiger partial charge in [-0.1, -0.05) is 12.1 Å². The zero-order valence-corrected chi connectivity index (χ0v) is 14.5.